The molecule has 6 heteroatoms. The first-order valence-corrected chi connectivity index (χ1v) is 6.69. The average molecular weight is 315 g/mol. The zero-order valence-corrected chi connectivity index (χ0v) is 11.7. The number of halogens is 1. The van der Waals surface area contributed by atoms with Crippen molar-refractivity contribution >= 4 is 27.3 Å². The van der Waals surface area contributed by atoms with E-state index in [2.05, 4.69) is 21.2 Å². The molecule has 0 unspecified atom stereocenters. The topological polar surface area (TPSA) is 64.4 Å². The third-order valence-electron chi connectivity index (χ3n) is 3.16. The van der Waals surface area contributed by atoms with Crippen molar-refractivity contribution in [2.75, 3.05) is 12.4 Å². The number of methoxy groups -OCH3 is 1. The highest BCUT2D eigenvalue weighted by atomic mass is 79.9. The summed E-state index contributed by atoms with van der Waals surface area (Å²) < 4.78 is 5.85. The minimum absolute atomic E-state index is 0.00704. The lowest BCUT2D eigenvalue weighted by atomic mass is 10.2. The predicted molar refractivity (Wildman–Crippen MR) is 73.2 cm³/mol. The summed E-state index contributed by atoms with van der Waals surface area (Å²) in [6.45, 7) is 0. The Labute approximate surface area is 114 Å². The maximum Gasteiger partial charge on any atom is 0.333 e. The van der Waals surface area contributed by atoms with Gasteiger partial charge in [-0.25, -0.2) is 0 Å². The Kier molecular flexibility index (Phi) is 4.06. The zero-order valence-electron chi connectivity index (χ0n) is 10.1. The van der Waals surface area contributed by atoms with Crippen molar-refractivity contribution < 1.29 is 9.66 Å². The number of ether oxygens (including phenoxy) is 1. The summed E-state index contributed by atoms with van der Waals surface area (Å²) in [5.74, 6) is 0.273. The van der Waals surface area contributed by atoms with Gasteiger partial charge in [0, 0.05) is 16.6 Å². The first kappa shape index (κ1) is 13.1. The summed E-state index contributed by atoms with van der Waals surface area (Å²) in [6.07, 6.45) is 4.48. The summed E-state index contributed by atoms with van der Waals surface area (Å²) in [5, 5.41) is 14.4. The molecule has 1 aliphatic rings. The zero-order chi connectivity index (χ0) is 13.1. The van der Waals surface area contributed by atoms with Crippen LogP contribution >= 0.6 is 15.9 Å². The molecule has 2 rings (SSSR count). The van der Waals surface area contributed by atoms with Crippen molar-refractivity contribution in [2.24, 2.45) is 0 Å². The number of hydrogen-bond acceptors (Lipinski definition) is 4. The summed E-state index contributed by atoms with van der Waals surface area (Å²) in [7, 11) is 1.44. The molecule has 0 atom stereocenters. The van der Waals surface area contributed by atoms with Gasteiger partial charge in [-0.1, -0.05) is 28.8 Å². The monoisotopic (exact) mass is 314 g/mol. The number of rotatable bonds is 4. The molecule has 1 aromatic carbocycles. The summed E-state index contributed by atoms with van der Waals surface area (Å²) in [5.41, 5.74) is 0.533. The van der Waals surface area contributed by atoms with Crippen LogP contribution in [0, 0.1) is 10.1 Å². The van der Waals surface area contributed by atoms with Crippen molar-refractivity contribution in [1.82, 2.24) is 0 Å². The fourth-order valence-electron chi connectivity index (χ4n) is 2.32. The Morgan fingerprint density at radius 2 is 2.11 bits per heavy atom. The predicted octanol–water partition coefficient (Wildman–Crippen LogP) is 3.72. The first-order valence-electron chi connectivity index (χ1n) is 5.90. The Bertz CT molecular complexity index is 459. The maximum atomic E-state index is 11.2. The van der Waals surface area contributed by atoms with Gasteiger partial charge in [-0.2, -0.15) is 0 Å². The van der Waals surface area contributed by atoms with Crippen molar-refractivity contribution in [3.8, 4) is 5.75 Å². The highest BCUT2D eigenvalue weighted by molar-refractivity contribution is 9.10. The molecule has 18 heavy (non-hydrogen) atoms. The Balaban J connectivity index is 2.36. The molecule has 1 aliphatic carbocycles. The minimum atomic E-state index is -0.400. The normalized spacial score (nSPS) is 15.7. The van der Waals surface area contributed by atoms with E-state index in [1.54, 1.807) is 12.1 Å². The summed E-state index contributed by atoms with van der Waals surface area (Å²) >= 11 is 3.34. The molecule has 0 amide bonds. The van der Waals surface area contributed by atoms with Crippen LogP contribution in [0.5, 0.6) is 5.75 Å². The summed E-state index contributed by atoms with van der Waals surface area (Å²) in [6, 6.07) is 3.67. The van der Waals surface area contributed by atoms with E-state index in [9.17, 15) is 10.1 Å². The second-order valence-corrected chi connectivity index (χ2v) is 5.30. The molecule has 0 radical (unpaired) electrons. The van der Waals surface area contributed by atoms with E-state index in [0.717, 1.165) is 17.3 Å². The fourth-order valence-corrected chi connectivity index (χ4v) is 2.76. The molecular formula is C12H15BrN2O3. The van der Waals surface area contributed by atoms with Crippen LogP contribution in [0.1, 0.15) is 25.7 Å². The molecule has 0 aliphatic heterocycles. The molecule has 5 nitrogen and oxygen atoms in total. The van der Waals surface area contributed by atoms with Crippen LogP contribution in [0.15, 0.2) is 16.6 Å². The number of benzene rings is 1. The van der Waals surface area contributed by atoms with Gasteiger partial charge >= 0.3 is 5.69 Å². The first-order chi connectivity index (χ1) is 8.61. The van der Waals surface area contributed by atoms with Gasteiger partial charge in [0.15, 0.2) is 5.75 Å². The van der Waals surface area contributed by atoms with Gasteiger partial charge in [0.1, 0.15) is 5.69 Å². The molecule has 1 saturated carbocycles. The standard InChI is InChI=1S/C12H15BrN2O3/c1-18-11-7-8(13)6-10(12(11)15(16)17)14-9-4-2-3-5-9/h6-7,9,14H,2-5H2,1H3. The second kappa shape index (κ2) is 5.56. The van der Waals surface area contributed by atoms with E-state index in [1.807, 2.05) is 0 Å². The van der Waals surface area contributed by atoms with Gasteiger partial charge in [0.05, 0.1) is 12.0 Å². The Morgan fingerprint density at radius 1 is 1.44 bits per heavy atom. The fraction of sp³-hybridized carbons (Fsp3) is 0.500. The highest BCUT2D eigenvalue weighted by Gasteiger charge is 2.25. The van der Waals surface area contributed by atoms with Crippen LogP contribution in [0.3, 0.4) is 0 Å². The third-order valence-corrected chi connectivity index (χ3v) is 3.61. The maximum absolute atomic E-state index is 11.2. The number of anilines is 1. The molecule has 98 valence electrons. The van der Waals surface area contributed by atoms with E-state index >= 15 is 0 Å². The van der Waals surface area contributed by atoms with Gasteiger partial charge in [0.2, 0.25) is 0 Å². The van der Waals surface area contributed by atoms with Crippen molar-refractivity contribution in [1.29, 1.82) is 0 Å². The second-order valence-electron chi connectivity index (χ2n) is 4.39. The lowest BCUT2D eigenvalue weighted by Gasteiger charge is -2.15. The van der Waals surface area contributed by atoms with Gasteiger partial charge in [0.25, 0.3) is 0 Å². The van der Waals surface area contributed by atoms with E-state index in [0.29, 0.717) is 11.7 Å². The SMILES string of the molecule is COc1cc(Br)cc(NC2CCCC2)c1[N+](=O)[O-]. The van der Waals surface area contributed by atoms with Crippen molar-refractivity contribution in [2.45, 2.75) is 31.7 Å². The molecule has 0 spiro atoms. The van der Waals surface area contributed by atoms with Crippen LogP contribution in [0.4, 0.5) is 11.4 Å². The van der Waals surface area contributed by atoms with Crippen LogP contribution in [-0.4, -0.2) is 18.1 Å². The number of nitro groups is 1. The number of nitro benzene ring substituents is 1. The van der Waals surface area contributed by atoms with Crippen LogP contribution in [0.2, 0.25) is 0 Å². The smallest absolute Gasteiger partial charge is 0.333 e. The van der Waals surface area contributed by atoms with Crippen molar-refractivity contribution in [3.63, 3.8) is 0 Å². The van der Waals surface area contributed by atoms with Gasteiger partial charge in [-0.3, -0.25) is 10.1 Å². The molecule has 0 bridgehead atoms. The summed E-state index contributed by atoms with van der Waals surface area (Å²) in [4.78, 5) is 10.8. The van der Waals surface area contributed by atoms with Gasteiger partial charge < -0.3 is 10.1 Å². The van der Waals surface area contributed by atoms with Gasteiger partial charge in [-0.05, 0) is 18.9 Å². The van der Waals surface area contributed by atoms with E-state index in [-0.39, 0.29) is 11.4 Å². The Morgan fingerprint density at radius 3 is 2.67 bits per heavy atom. The van der Waals surface area contributed by atoms with E-state index in [4.69, 9.17) is 4.74 Å². The minimum Gasteiger partial charge on any atom is -0.490 e. The molecular weight excluding hydrogens is 300 g/mol. The number of nitrogens with one attached hydrogen (secondary N) is 1. The average Bonchev–Trinajstić information content (AvgIpc) is 2.80. The van der Waals surface area contributed by atoms with Gasteiger partial charge in [-0.15, -0.1) is 0 Å². The number of hydrogen-bond donors (Lipinski definition) is 1. The quantitative estimate of drug-likeness (QED) is 0.679. The number of nitrogens with zero attached hydrogens (tertiary/aromatic N) is 1. The van der Waals surface area contributed by atoms with Crippen molar-refractivity contribution in [3.05, 3.63) is 26.7 Å². The highest BCUT2D eigenvalue weighted by Crippen LogP contribution is 2.39. The van der Waals surface area contributed by atoms with E-state index < -0.39 is 4.92 Å². The van der Waals surface area contributed by atoms with Crippen LogP contribution in [0.25, 0.3) is 0 Å². The molecule has 1 aromatic rings. The third kappa shape index (κ3) is 2.75. The molecule has 0 aromatic heterocycles. The van der Waals surface area contributed by atoms with E-state index in [1.165, 1.54) is 20.0 Å². The Hall–Kier alpha value is -1.30. The lowest BCUT2D eigenvalue weighted by Crippen LogP contribution is -2.15. The molecule has 0 saturated heterocycles. The van der Waals surface area contributed by atoms with Crippen LogP contribution in [-0.2, 0) is 0 Å². The molecule has 1 fully saturated rings. The largest absolute Gasteiger partial charge is 0.490 e. The van der Waals surface area contributed by atoms with Crippen LogP contribution < -0.4 is 10.1 Å². The lowest BCUT2D eigenvalue weighted by molar-refractivity contribution is -0.384. The molecule has 1 N–H and O–H groups in total. The molecule has 0 heterocycles.